The summed E-state index contributed by atoms with van der Waals surface area (Å²) in [4.78, 5) is 40.1. The minimum Gasteiger partial charge on any atom is -0.543 e. The zero-order chi connectivity index (χ0) is 31.4. The van der Waals surface area contributed by atoms with Gasteiger partial charge in [0, 0.05) is 31.4 Å². The van der Waals surface area contributed by atoms with Crippen LogP contribution in [0.1, 0.15) is 48.6 Å². The molecule has 0 saturated carbocycles. The Morgan fingerprint density at radius 1 is 0.977 bits per heavy atom. The van der Waals surface area contributed by atoms with Crippen LogP contribution in [0.5, 0.6) is 0 Å². The van der Waals surface area contributed by atoms with E-state index in [4.69, 9.17) is 24.8 Å². The van der Waals surface area contributed by atoms with E-state index in [1.165, 1.54) is 28.8 Å². The molecule has 1 aliphatic rings. The standard InChI is InChI=1S/C26H28FN5O2S.C2H2O4.C2H6/c27-20-7-5-19(6-8-20)16-32-23-4-2-1-3-21(23)29-24(32)15-18-9-12-31(13-10-18)14-11-28-26-30-22(17-35-26)25(33)34;3-1(4)2(5)6;1-2/h1-8,17-18H,9-16H2,(H,28,30)(H,33,34);(H,3,4)(H,5,6);1-2H3/p-3. The highest BCUT2D eigenvalue weighted by Gasteiger charge is 2.22. The number of likely N-dealkylation sites (tertiary alicyclic amines) is 1. The van der Waals surface area contributed by atoms with E-state index >= 15 is 0 Å². The van der Waals surface area contributed by atoms with E-state index in [1.807, 2.05) is 44.2 Å². The zero-order valence-electron chi connectivity index (χ0n) is 24.0. The molecule has 0 amide bonds. The average molecular weight is 611 g/mol. The lowest BCUT2D eigenvalue weighted by Crippen LogP contribution is -2.42. The number of halogens is 1. The molecule has 1 fully saturated rings. The maximum atomic E-state index is 13.4. The Bertz CT molecular complexity index is 1490. The predicted octanol–water partition coefficient (Wildman–Crippen LogP) is 0.923. The number of fused-ring (bicyclic) bond motifs is 1. The van der Waals surface area contributed by atoms with Crippen LogP contribution >= 0.6 is 11.3 Å². The molecule has 0 bridgehead atoms. The van der Waals surface area contributed by atoms with Crippen molar-refractivity contribution < 1.29 is 34.1 Å². The van der Waals surface area contributed by atoms with Crippen LogP contribution in [0.2, 0.25) is 0 Å². The van der Waals surface area contributed by atoms with Gasteiger partial charge < -0.3 is 44.5 Å². The topological polar surface area (TPSA) is 166 Å². The summed E-state index contributed by atoms with van der Waals surface area (Å²) in [7, 11) is 0. The molecule has 13 heteroatoms. The number of hydrogen-bond acceptors (Lipinski definition) is 11. The first-order valence-electron chi connectivity index (χ1n) is 13.9. The van der Waals surface area contributed by atoms with Gasteiger partial charge in [-0.25, -0.2) is 14.4 Å². The zero-order valence-corrected chi connectivity index (χ0v) is 24.8. The van der Waals surface area contributed by atoms with Crippen LogP contribution < -0.4 is 20.6 Å². The summed E-state index contributed by atoms with van der Waals surface area (Å²) in [6.07, 6.45) is 3.13. The number of carbonyl (C=O) groups excluding carboxylic acids is 3. The number of benzene rings is 2. The summed E-state index contributed by atoms with van der Waals surface area (Å²) in [6.45, 7) is 8.32. The third-order valence-corrected chi connectivity index (χ3v) is 7.55. The Kier molecular flexibility index (Phi) is 12.6. The fraction of sp³-hybridized carbons (Fsp3) is 0.367. The molecule has 0 radical (unpaired) electrons. The van der Waals surface area contributed by atoms with Gasteiger partial charge in [-0.15, -0.1) is 11.3 Å². The molecule has 230 valence electrons. The lowest BCUT2D eigenvalue weighted by Gasteiger charge is -2.31. The molecular formula is C30H33FN5O6S-3. The molecule has 2 aromatic heterocycles. The van der Waals surface area contributed by atoms with Crippen molar-refractivity contribution in [3.63, 3.8) is 0 Å². The number of para-hydroxylation sites is 2. The number of anilines is 1. The van der Waals surface area contributed by atoms with Crippen molar-refractivity contribution in [3.8, 4) is 0 Å². The van der Waals surface area contributed by atoms with Gasteiger partial charge in [-0.2, -0.15) is 0 Å². The van der Waals surface area contributed by atoms with Gasteiger partial charge in [0.25, 0.3) is 0 Å². The number of rotatable bonds is 9. The molecule has 3 heterocycles. The summed E-state index contributed by atoms with van der Waals surface area (Å²) in [6, 6.07) is 14.9. The van der Waals surface area contributed by atoms with Crippen molar-refractivity contribution in [1.29, 1.82) is 0 Å². The number of aliphatic carboxylic acids is 2. The number of thiazole rings is 1. The van der Waals surface area contributed by atoms with E-state index in [2.05, 4.69) is 25.8 Å². The number of nitrogens with one attached hydrogen (secondary N) is 1. The highest BCUT2D eigenvalue weighted by Crippen LogP contribution is 2.25. The molecule has 0 atom stereocenters. The van der Waals surface area contributed by atoms with Gasteiger partial charge in [0.15, 0.2) is 5.13 Å². The Morgan fingerprint density at radius 2 is 1.63 bits per heavy atom. The van der Waals surface area contributed by atoms with Gasteiger partial charge >= 0.3 is 0 Å². The second-order valence-corrected chi connectivity index (χ2v) is 10.4. The number of aromatic nitrogens is 3. The van der Waals surface area contributed by atoms with Crippen LogP contribution in [-0.2, 0) is 22.6 Å². The monoisotopic (exact) mass is 610 g/mol. The Hall–Kier alpha value is -4.36. The fourth-order valence-electron chi connectivity index (χ4n) is 4.67. The van der Waals surface area contributed by atoms with Crippen LogP contribution in [0.3, 0.4) is 0 Å². The third kappa shape index (κ3) is 9.86. The SMILES string of the molecule is CC.O=C([O-])C(=O)[O-].O=C([O-])c1csc(NCCN2CCC(Cc3nc4ccccc4n3Cc3ccc(F)cc3)CC2)n1. The van der Waals surface area contributed by atoms with Crippen molar-refractivity contribution in [2.45, 2.75) is 39.7 Å². The van der Waals surface area contributed by atoms with Crippen LogP contribution in [0.4, 0.5) is 9.52 Å². The first-order chi connectivity index (χ1) is 20.7. The van der Waals surface area contributed by atoms with Gasteiger partial charge in [0.2, 0.25) is 0 Å². The quantitative estimate of drug-likeness (QED) is 0.269. The predicted molar refractivity (Wildman–Crippen MR) is 154 cm³/mol. The number of carbonyl (C=O) groups is 3. The molecule has 1 aliphatic heterocycles. The maximum Gasteiger partial charge on any atom is 0.183 e. The first-order valence-corrected chi connectivity index (χ1v) is 14.8. The molecule has 0 unspecified atom stereocenters. The second-order valence-electron chi connectivity index (χ2n) is 9.55. The molecule has 1 saturated heterocycles. The van der Waals surface area contributed by atoms with E-state index < -0.39 is 17.9 Å². The van der Waals surface area contributed by atoms with Crippen molar-refractivity contribution in [2.24, 2.45) is 5.92 Å². The number of piperidine rings is 1. The minimum absolute atomic E-state index is 0.0243. The minimum atomic E-state index is -2.19. The summed E-state index contributed by atoms with van der Waals surface area (Å²) in [5, 5.41) is 34.0. The molecule has 1 N–H and O–H groups in total. The van der Waals surface area contributed by atoms with Gasteiger partial charge in [-0.1, -0.05) is 38.1 Å². The molecule has 0 spiro atoms. The van der Waals surface area contributed by atoms with Crippen molar-refractivity contribution in [2.75, 3.05) is 31.5 Å². The Labute approximate surface area is 252 Å². The second kappa shape index (κ2) is 16.3. The highest BCUT2D eigenvalue weighted by atomic mass is 32.1. The average Bonchev–Trinajstić information content (AvgIpc) is 3.62. The van der Waals surface area contributed by atoms with Gasteiger partial charge in [0.1, 0.15) is 11.6 Å². The number of imidazole rings is 1. The molecular weight excluding hydrogens is 577 g/mol. The number of carboxylic acid groups (broad SMARTS) is 3. The van der Waals surface area contributed by atoms with Crippen LogP contribution in [0.25, 0.3) is 11.0 Å². The normalized spacial score (nSPS) is 13.4. The van der Waals surface area contributed by atoms with Crippen molar-refractivity contribution >= 4 is 45.4 Å². The number of carboxylic acids is 3. The lowest BCUT2D eigenvalue weighted by atomic mass is 9.93. The van der Waals surface area contributed by atoms with E-state index in [0.29, 0.717) is 17.6 Å². The van der Waals surface area contributed by atoms with E-state index in [-0.39, 0.29) is 11.5 Å². The van der Waals surface area contributed by atoms with Crippen LogP contribution in [0.15, 0.2) is 53.9 Å². The van der Waals surface area contributed by atoms with E-state index in [1.54, 1.807) is 0 Å². The Balaban J connectivity index is 0.000000566. The summed E-state index contributed by atoms with van der Waals surface area (Å²) >= 11 is 1.28. The van der Waals surface area contributed by atoms with Crippen LogP contribution in [0, 0.1) is 11.7 Å². The largest absolute Gasteiger partial charge is 0.543 e. The first kappa shape index (κ1) is 33.1. The van der Waals surface area contributed by atoms with Gasteiger partial charge in [-0.3, -0.25) is 0 Å². The molecule has 4 aromatic rings. The molecule has 43 heavy (non-hydrogen) atoms. The fourth-order valence-corrected chi connectivity index (χ4v) is 5.38. The Morgan fingerprint density at radius 3 is 2.23 bits per heavy atom. The number of nitrogens with zero attached hydrogens (tertiary/aromatic N) is 4. The maximum absolute atomic E-state index is 13.4. The molecule has 11 nitrogen and oxygen atoms in total. The number of aromatic carboxylic acids is 1. The lowest BCUT2D eigenvalue weighted by molar-refractivity contribution is -0.345. The molecule has 0 aliphatic carbocycles. The van der Waals surface area contributed by atoms with E-state index in [9.17, 15) is 14.3 Å². The highest BCUT2D eigenvalue weighted by molar-refractivity contribution is 7.13. The van der Waals surface area contributed by atoms with Crippen LogP contribution in [-0.4, -0.2) is 63.5 Å². The molecule has 2 aromatic carbocycles. The smallest absolute Gasteiger partial charge is 0.183 e. The van der Waals surface area contributed by atoms with Gasteiger partial charge in [-0.05, 0) is 61.7 Å². The number of hydrogen-bond donors (Lipinski definition) is 1. The molecule has 5 rings (SSSR count). The van der Waals surface area contributed by atoms with Gasteiger partial charge in [0.05, 0.1) is 34.6 Å². The van der Waals surface area contributed by atoms with Crippen molar-refractivity contribution in [1.82, 2.24) is 19.4 Å². The van der Waals surface area contributed by atoms with E-state index in [0.717, 1.165) is 67.9 Å². The summed E-state index contributed by atoms with van der Waals surface area (Å²) < 4.78 is 15.7. The third-order valence-electron chi connectivity index (χ3n) is 6.75. The van der Waals surface area contributed by atoms with Crippen molar-refractivity contribution in [3.05, 3.63) is 76.8 Å². The summed E-state index contributed by atoms with van der Waals surface area (Å²) in [5.41, 5.74) is 3.14. The summed E-state index contributed by atoms with van der Waals surface area (Å²) in [5.74, 6) is -4.19.